The predicted molar refractivity (Wildman–Crippen MR) is 41.3 cm³/mol. The van der Waals surface area contributed by atoms with E-state index in [0.717, 1.165) is 6.20 Å². The Morgan fingerprint density at radius 3 is 2.91 bits per heavy atom. The molecule has 1 heterocycles. The first kappa shape index (κ1) is 3.20. The molecule has 0 aliphatic heterocycles. The quantitative estimate of drug-likeness (QED) is 0.502. The number of aromatic nitrogens is 2. The summed E-state index contributed by atoms with van der Waals surface area (Å²) >= 11 is 0. The van der Waals surface area contributed by atoms with Gasteiger partial charge in [-0.05, 0) is 13.7 Å². The van der Waals surface area contributed by atoms with Crippen molar-refractivity contribution in [3.05, 3.63) is 17.7 Å². The van der Waals surface area contributed by atoms with Crippen molar-refractivity contribution in [2.75, 3.05) is 0 Å². The Morgan fingerprint density at radius 2 is 2.36 bits per heavy atom. The van der Waals surface area contributed by atoms with Crippen molar-refractivity contribution in [2.45, 2.75) is 13.7 Å². The molecule has 1 rings (SSSR count). The minimum Gasteiger partial charge on any atom is -0.423 e. The van der Waals surface area contributed by atoms with Crippen molar-refractivity contribution in [1.29, 1.82) is 0 Å². The highest BCUT2D eigenvalue weighted by Crippen LogP contribution is 1.89. The maximum absolute atomic E-state index is 8.95. The molecule has 4 nitrogen and oxygen atoms in total. The number of nitrogens with zero attached hydrogens (tertiary/aromatic N) is 2. The van der Waals surface area contributed by atoms with E-state index in [0.29, 0.717) is 0 Å². The van der Waals surface area contributed by atoms with E-state index in [1.165, 1.54) is 0 Å². The maximum Gasteiger partial charge on any atom is 0.491 e. The van der Waals surface area contributed by atoms with Crippen LogP contribution in [0.2, 0.25) is 0 Å². The average Bonchev–Trinajstić information content (AvgIpc) is 2.14. The Bertz CT molecular complexity index is 418. The van der Waals surface area contributed by atoms with E-state index in [9.17, 15) is 0 Å². The molecule has 0 radical (unpaired) electrons. The second-order valence-corrected chi connectivity index (χ2v) is 1.87. The molecule has 0 saturated heterocycles. The summed E-state index contributed by atoms with van der Waals surface area (Å²) in [6, 6.07) is 0. The van der Waals surface area contributed by atoms with Crippen LogP contribution in [0, 0.1) is 13.7 Å². The van der Waals surface area contributed by atoms with E-state index in [1.807, 2.05) is 0 Å². The van der Waals surface area contributed by atoms with E-state index in [4.69, 9.17) is 18.3 Å². The highest BCUT2D eigenvalue weighted by atomic mass is 16.4. The molecule has 0 fully saturated rings. The van der Waals surface area contributed by atoms with Crippen molar-refractivity contribution < 1.29 is 18.3 Å². The lowest BCUT2D eigenvalue weighted by Gasteiger charge is -2.02. The third-order valence-corrected chi connectivity index (χ3v) is 1.10. The summed E-state index contributed by atoms with van der Waals surface area (Å²) < 4.78 is 42.6. The van der Waals surface area contributed by atoms with E-state index in [2.05, 4.69) is 9.97 Å². The van der Waals surface area contributed by atoms with Crippen molar-refractivity contribution in [3.63, 3.8) is 0 Å². The van der Waals surface area contributed by atoms with Crippen LogP contribution in [0.4, 0.5) is 0 Å². The predicted octanol–water partition coefficient (Wildman–Crippen LogP) is -1.23. The van der Waals surface area contributed by atoms with Crippen molar-refractivity contribution in [2.24, 2.45) is 0 Å². The zero-order valence-corrected chi connectivity index (χ0v) is 5.44. The maximum atomic E-state index is 8.95. The van der Waals surface area contributed by atoms with Crippen LogP contribution in [-0.2, 0) is 0 Å². The molecule has 0 aliphatic rings. The van der Waals surface area contributed by atoms with Crippen LogP contribution >= 0.6 is 0 Å². The summed E-state index contributed by atoms with van der Waals surface area (Å²) in [7, 11) is -2.07. The second-order valence-electron chi connectivity index (χ2n) is 1.87. The van der Waals surface area contributed by atoms with Crippen LogP contribution in [-0.4, -0.2) is 27.1 Å². The average molecular weight is 158 g/mol. The van der Waals surface area contributed by atoms with Crippen LogP contribution in [0.15, 0.2) is 6.20 Å². The van der Waals surface area contributed by atoms with Gasteiger partial charge in [-0.25, -0.2) is 9.97 Å². The highest BCUT2D eigenvalue weighted by Gasteiger charge is 2.14. The van der Waals surface area contributed by atoms with Gasteiger partial charge in [0.2, 0.25) is 0 Å². The van der Waals surface area contributed by atoms with Gasteiger partial charge in [-0.2, -0.15) is 0 Å². The first-order valence-electron chi connectivity index (χ1n) is 5.77. The van der Waals surface area contributed by atoms with E-state index in [-0.39, 0.29) is 0 Å². The van der Waals surface area contributed by atoms with Gasteiger partial charge >= 0.3 is 7.12 Å². The molecule has 0 aromatic carbocycles. The van der Waals surface area contributed by atoms with Crippen LogP contribution < -0.4 is 5.46 Å². The van der Waals surface area contributed by atoms with Gasteiger partial charge in [0.05, 0.1) is 0 Å². The van der Waals surface area contributed by atoms with Crippen LogP contribution in [0.1, 0.15) is 19.7 Å². The van der Waals surface area contributed by atoms with Gasteiger partial charge in [0, 0.05) is 25.6 Å². The summed E-state index contributed by atoms with van der Waals surface area (Å²) in [4.78, 5) is 6.78. The van der Waals surface area contributed by atoms with Crippen molar-refractivity contribution in [3.8, 4) is 0 Å². The number of rotatable bonds is 1. The summed E-state index contributed by atoms with van der Waals surface area (Å²) in [5.74, 6) is -0.645. The molecule has 58 valence electrons. The van der Waals surface area contributed by atoms with E-state index in [1.54, 1.807) is 0 Å². The second kappa shape index (κ2) is 2.98. The Balaban J connectivity index is 3.41. The third-order valence-electron chi connectivity index (χ3n) is 1.10. The first-order chi connectivity index (χ1) is 7.53. The summed E-state index contributed by atoms with van der Waals surface area (Å²) in [5, 5.41) is 17.9. The Kier molecular flexibility index (Phi) is 0.868. The largest absolute Gasteiger partial charge is 0.491 e. The Labute approximate surface area is 73.5 Å². The van der Waals surface area contributed by atoms with Gasteiger partial charge in [-0.15, -0.1) is 0 Å². The molecule has 0 spiro atoms. The summed E-state index contributed by atoms with van der Waals surface area (Å²) in [5.41, 5.74) is -1.10. The molecule has 0 saturated carbocycles. The van der Waals surface area contributed by atoms with Crippen LogP contribution in [0.5, 0.6) is 0 Å². The molecule has 0 aliphatic carbocycles. The fourth-order valence-electron chi connectivity index (χ4n) is 0.580. The number of aryl methyl sites for hydroxylation is 2. The van der Waals surface area contributed by atoms with Gasteiger partial charge in [-0.1, -0.05) is 0 Å². The first-order valence-corrected chi connectivity index (χ1v) is 2.77. The molecular formula is C6H9BN2O2. The number of hydrogen-bond acceptors (Lipinski definition) is 4. The fraction of sp³-hybridized carbons (Fsp3) is 0.333. The van der Waals surface area contributed by atoms with Crippen LogP contribution in [0.3, 0.4) is 0 Å². The van der Waals surface area contributed by atoms with Gasteiger partial charge in [0.15, 0.2) is 0 Å². The molecule has 11 heavy (non-hydrogen) atoms. The van der Waals surface area contributed by atoms with E-state index >= 15 is 0 Å². The van der Waals surface area contributed by atoms with Gasteiger partial charge < -0.3 is 10.0 Å². The Hall–Kier alpha value is -0.935. The zero-order chi connectivity index (χ0) is 13.4. The molecule has 0 bridgehead atoms. The standard InChI is InChI=1S/C6H9BN2O2/c1-4-6(7(10)11)3-8-5(2)9-4/h3,10-11H,1-2H3/i1D3,2D3. The zero-order valence-electron chi connectivity index (χ0n) is 11.4. The van der Waals surface area contributed by atoms with Crippen molar-refractivity contribution >= 4 is 12.6 Å². The molecule has 1 aromatic rings. The highest BCUT2D eigenvalue weighted by molar-refractivity contribution is 6.58. The normalized spacial score (nSPS) is 20.2. The smallest absolute Gasteiger partial charge is 0.423 e. The summed E-state index contributed by atoms with van der Waals surface area (Å²) in [6.07, 6.45) is 0.793. The molecule has 0 atom stereocenters. The third kappa shape index (κ3) is 1.75. The van der Waals surface area contributed by atoms with Crippen LogP contribution in [0.25, 0.3) is 0 Å². The lowest BCUT2D eigenvalue weighted by molar-refractivity contribution is 0.425. The van der Waals surface area contributed by atoms with Gasteiger partial charge in [0.25, 0.3) is 0 Å². The molecule has 2 N–H and O–H groups in total. The molecule has 0 unspecified atom stereocenters. The molecular weight excluding hydrogens is 143 g/mol. The SMILES string of the molecule is [2H]C([2H])([2H])c1ncc(B(O)O)c(C([2H])([2H])[2H])n1. The van der Waals surface area contributed by atoms with Gasteiger partial charge in [-0.3, -0.25) is 0 Å². The van der Waals surface area contributed by atoms with Crippen molar-refractivity contribution in [1.82, 2.24) is 9.97 Å². The fourth-order valence-corrected chi connectivity index (χ4v) is 0.580. The molecule has 1 aromatic heterocycles. The molecule has 0 amide bonds. The summed E-state index contributed by atoms with van der Waals surface area (Å²) in [6.45, 7) is -5.40. The minimum absolute atomic E-state index is 0.432. The minimum atomic E-state index is -2.75. The topological polar surface area (TPSA) is 66.2 Å². The molecule has 5 heteroatoms. The van der Waals surface area contributed by atoms with Gasteiger partial charge in [0.1, 0.15) is 5.82 Å². The monoisotopic (exact) mass is 158 g/mol. The lowest BCUT2D eigenvalue weighted by atomic mass is 9.80. The number of hydrogen-bond donors (Lipinski definition) is 2. The lowest BCUT2D eigenvalue weighted by Crippen LogP contribution is -2.33. The van der Waals surface area contributed by atoms with E-state index < -0.39 is 37.8 Å². The Morgan fingerprint density at radius 1 is 1.55 bits per heavy atom.